The molecule has 1 amide bonds. The molecule has 5 heteroatoms. The lowest BCUT2D eigenvalue weighted by atomic mass is 10.1. The molecule has 0 N–H and O–H groups in total. The fourth-order valence-corrected chi connectivity index (χ4v) is 4.28. The van der Waals surface area contributed by atoms with Gasteiger partial charge in [0, 0.05) is 18.9 Å². The number of carbonyl (C=O) groups is 1. The largest absolute Gasteiger partial charge is 0.464 e. The first-order chi connectivity index (χ1) is 10.7. The molecular formula is C17H25NO3S. The maximum atomic E-state index is 12.5. The van der Waals surface area contributed by atoms with Crippen LogP contribution in [0.5, 0.6) is 0 Å². The Morgan fingerprint density at radius 1 is 1.32 bits per heavy atom. The van der Waals surface area contributed by atoms with Crippen LogP contribution in [0.3, 0.4) is 0 Å². The first-order valence-electron chi connectivity index (χ1n) is 8.29. The Bertz CT molecular complexity index is 496. The lowest BCUT2D eigenvalue weighted by molar-refractivity contribution is -0.129. The zero-order valence-electron chi connectivity index (χ0n) is 13.3. The van der Waals surface area contributed by atoms with E-state index in [0.29, 0.717) is 11.9 Å². The first kappa shape index (κ1) is 15.9. The van der Waals surface area contributed by atoms with Crippen LogP contribution in [0.1, 0.15) is 49.7 Å². The van der Waals surface area contributed by atoms with Gasteiger partial charge in [0.1, 0.15) is 11.5 Å². The van der Waals surface area contributed by atoms with Crippen LogP contribution in [0.25, 0.3) is 0 Å². The normalized spacial score (nSPS) is 25.6. The number of carbonyl (C=O) groups excluding carboxylic acids is 1. The molecular weight excluding hydrogens is 298 g/mol. The van der Waals surface area contributed by atoms with Crippen molar-refractivity contribution >= 4 is 17.7 Å². The molecule has 0 aliphatic carbocycles. The van der Waals surface area contributed by atoms with Crippen LogP contribution in [-0.4, -0.2) is 41.6 Å². The number of thioether (sulfide) groups is 1. The molecule has 1 aromatic heterocycles. The molecule has 2 fully saturated rings. The summed E-state index contributed by atoms with van der Waals surface area (Å²) in [4.78, 5) is 14.5. The van der Waals surface area contributed by atoms with Gasteiger partial charge in [-0.15, -0.1) is 11.8 Å². The predicted octanol–water partition coefficient (Wildman–Crippen LogP) is 3.55. The van der Waals surface area contributed by atoms with Gasteiger partial charge < -0.3 is 14.1 Å². The molecule has 0 aromatic carbocycles. The second-order valence-electron chi connectivity index (χ2n) is 6.20. The first-order valence-corrected chi connectivity index (χ1v) is 9.44. The molecule has 122 valence electrons. The maximum absolute atomic E-state index is 12.5. The van der Waals surface area contributed by atoms with E-state index in [1.54, 1.807) is 11.8 Å². The van der Waals surface area contributed by atoms with Gasteiger partial charge in [-0.1, -0.05) is 0 Å². The number of hydrogen-bond donors (Lipinski definition) is 0. The molecule has 22 heavy (non-hydrogen) atoms. The number of aryl methyl sites for hydroxylation is 1. The van der Waals surface area contributed by atoms with E-state index in [0.717, 1.165) is 49.7 Å². The Hall–Kier alpha value is -0.940. The molecule has 2 aliphatic rings. The van der Waals surface area contributed by atoms with Crippen LogP contribution >= 0.6 is 11.8 Å². The number of ether oxygens (including phenoxy) is 1. The monoisotopic (exact) mass is 323 g/mol. The average molecular weight is 323 g/mol. The van der Waals surface area contributed by atoms with Crippen LogP contribution in [0.2, 0.25) is 0 Å². The minimum absolute atomic E-state index is 0.132. The molecule has 0 radical (unpaired) electrons. The summed E-state index contributed by atoms with van der Waals surface area (Å²) in [6, 6.07) is 4.12. The van der Waals surface area contributed by atoms with E-state index in [4.69, 9.17) is 9.15 Å². The van der Waals surface area contributed by atoms with Gasteiger partial charge >= 0.3 is 0 Å². The number of furan rings is 1. The number of amides is 1. The van der Waals surface area contributed by atoms with Crippen molar-refractivity contribution < 1.29 is 13.9 Å². The molecule has 2 aliphatic heterocycles. The third kappa shape index (κ3) is 3.87. The zero-order chi connectivity index (χ0) is 15.4. The standard InChI is InChI=1S/C17H25NO3S/c1-13-7-8-16(21-13)15-6-4-9-18(15)17(19)12-22-11-14-5-2-3-10-20-14/h7-8,14-15H,2-6,9-12H2,1H3/t14-,15+/m0/s1. The average Bonchev–Trinajstić information content (AvgIpc) is 3.16. The summed E-state index contributed by atoms with van der Waals surface area (Å²) in [5.41, 5.74) is 0. The van der Waals surface area contributed by atoms with Gasteiger partial charge in [0.2, 0.25) is 5.91 Å². The van der Waals surface area contributed by atoms with Gasteiger partial charge in [-0.2, -0.15) is 0 Å². The Kier molecular flexibility index (Phi) is 5.47. The Balaban J connectivity index is 1.48. The minimum Gasteiger partial charge on any atom is -0.464 e. The summed E-state index contributed by atoms with van der Waals surface area (Å²) in [6.45, 7) is 3.68. The molecule has 0 bridgehead atoms. The molecule has 3 rings (SSSR count). The topological polar surface area (TPSA) is 42.7 Å². The summed E-state index contributed by atoms with van der Waals surface area (Å²) >= 11 is 1.71. The zero-order valence-corrected chi connectivity index (χ0v) is 14.1. The third-order valence-corrected chi connectivity index (χ3v) is 5.52. The molecule has 2 saturated heterocycles. The number of nitrogens with zero attached hydrogens (tertiary/aromatic N) is 1. The van der Waals surface area contributed by atoms with E-state index in [1.807, 2.05) is 24.0 Å². The van der Waals surface area contributed by atoms with Crippen LogP contribution in [0, 0.1) is 6.92 Å². The minimum atomic E-state index is 0.132. The molecule has 0 unspecified atom stereocenters. The van der Waals surface area contributed by atoms with Gasteiger partial charge in [0.15, 0.2) is 0 Å². The molecule has 3 heterocycles. The van der Waals surface area contributed by atoms with Gasteiger partial charge in [-0.25, -0.2) is 0 Å². The van der Waals surface area contributed by atoms with Crippen molar-refractivity contribution in [3.63, 3.8) is 0 Å². The van der Waals surface area contributed by atoms with Crippen molar-refractivity contribution in [3.05, 3.63) is 23.7 Å². The van der Waals surface area contributed by atoms with E-state index in [9.17, 15) is 4.79 Å². The highest BCUT2D eigenvalue weighted by molar-refractivity contribution is 7.99. The van der Waals surface area contributed by atoms with Gasteiger partial charge in [0.05, 0.1) is 17.9 Å². The number of rotatable bonds is 5. The smallest absolute Gasteiger partial charge is 0.233 e. The molecule has 0 saturated carbocycles. The predicted molar refractivity (Wildman–Crippen MR) is 88.0 cm³/mol. The highest BCUT2D eigenvalue weighted by Crippen LogP contribution is 2.33. The van der Waals surface area contributed by atoms with Gasteiger partial charge in [-0.3, -0.25) is 4.79 Å². The van der Waals surface area contributed by atoms with Crippen molar-refractivity contribution in [2.45, 2.75) is 51.2 Å². The third-order valence-electron chi connectivity index (χ3n) is 4.47. The van der Waals surface area contributed by atoms with E-state index < -0.39 is 0 Å². The SMILES string of the molecule is Cc1ccc([C@H]2CCCN2C(=O)CSC[C@@H]2CCCCO2)o1. The van der Waals surface area contributed by atoms with Crippen LogP contribution in [-0.2, 0) is 9.53 Å². The second-order valence-corrected chi connectivity index (χ2v) is 7.23. The molecule has 2 atom stereocenters. The lowest BCUT2D eigenvalue weighted by Gasteiger charge is -2.24. The summed E-state index contributed by atoms with van der Waals surface area (Å²) in [5.74, 6) is 3.57. The van der Waals surface area contributed by atoms with E-state index in [-0.39, 0.29) is 11.9 Å². The van der Waals surface area contributed by atoms with E-state index in [1.165, 1.54) is 12.8 Å². The fraction of sp³-hybridized carbons (Fsp3) is 0.706. The van der Waals surface area contributed by atoms with Crippen molar-refractivity contribution in [1.82, 2.24) is 4.90 Å². The second kappa shape index (κ2) is 7.55. The van der Waals surface area contributed by atoms with E-state index >= 15 is 0 Å². The quantitative estimate of drug-likeness (QED) is 0.831. The van der Waals surface area contributed by atoms with Crippen LogP contribution in [0.4, 0.5) is 0 Å². The Morgan fingerprint density at radius 3 is 2.95 bits per heavy atom. The summed E-state index contributed by atoms with van der Waals surface area (Å²) < 4.78 is 11.4. The summed E-state index contributed by atoms with van der Waals surface area (Å²) in [6.07, 6.45) is 5.98. The van der Waals surface area contributed by atoms with Crippen molar-refractivity contribution in [1.29, 1.82) is 0 Å². The van der Waals surface area contributed by atoms with Gasteiger partial charge in [-0.05, 0) is 51.2 Å². The summed E-state index contributed by atoms with van der Waals surface area (Å²) in [7, 11) is 0. The Morgan fingerprint density at radius 2 is 2.23 bits per heavy atom. The molecule has 1 aromatic rings. The highest BCUT2D eigenvalue weighted by atomic mass is 32.2. The molecule has 4 nitrogen and oxygen atoms in total. The van der Waals surface area contributed by atoms with Crippen molar-refractivity contribution in [2.24, 2.45) is 0 Å². The number of hydrogen-bond acceptors (Lipinski definition) is 4. The molecule has 0 spiro atoms. The highest BCUT2D eigenvalue weighted by Gasteiger charge is 2.31. The van der Waals surface area contributed by atoms with Crippen molar-refractivity contribution in [3.8, 4) is 0 Å². The summed E-state index contributed by atoms with van der Waals surface area (Å²) in [5, 5.41) is 0. The van der Waals surface area contributed by atoms with Crippen molar-refractivity contribution in [2.75, 3.05) is 24.7 Å². The van der Waals surface area contributed by atoms with Gasteiger partial charge in [0.25, 0.3) is 0 Å². The fourth-order valence-electron chi connectivity index (χ4n) is 3.29. The number of likely N-dealkylation sites (tertiary alicyclic amines) is 1. The van der Waals surface area contributed by atoms with Crippen LogP contribution in [0.15, 0.2) is 16.5 Å². The van der Waals surface area contributed by atoms with E-state index in [2.05, 4.69) is 0 Å². The van der Waals surface area contributed by atoms with Crippen LogP contribution < -0.4 is 0 Å². The maximum Gasteiger partial charge on any atom is 0.233 e. The Labute approximate surface area is 136 Å². The lowest BCUT2D eigenvalue weighted by Crippen LogP contribution is -2.32.